The Bertz CT molecular complexity index is 620. The van der Waals surface area contributed by atoms with Gasteiger partial charge in [-0.05, 0) is 49.7 Å². The van der Waals surface area contributed by atoms with E-state index in [-0.39, 0.29) is 5.78 Å². The van der Waals surface area contributed by atoms with Crippen LogP contribution in [-0.2, 0) is 0 Å². The smallest absolute Gasteiger partial charge is 0.173 e. The van der Waals surface area contributed by atoms with E-state index >= 15 is 0 Å². The van der Waals surface area contributed by atoms with Crippen LogP contribution in [0.2, 0.25) is 0 Å². The number of hydrogen-bond donors (Lipinski definition) is 0. The summed E-state index contributed by atoms with van der Waals surface area (Å²) in [5.74, 6) is 1.39. The van der Waals surface area contributed by atoms with Gasteiger partial charge in [-0.25, -0.2) is 0 Å². The lowest BCUT2D eigenvalue weighted by atomic mass is 10.1. The molecule has 0 amide bonds. The highest BCUT2D eigenvalue weighted by Gasteiger charge is 2.10. The molecule has 2 rings (SSSR count). The summed E-state index contributed by atoms with van der Waals surface area (Å²) in [5.41, 5.74) is 2.94. The minimum Gasteiger partial charge on any atom is -0.497 e. The molecule has 0 spiro atoms. The lowest BCUT2D eigenvalue weighted by Crippen LogP contribution is -2.05. The maximum atomic E-state index is 12.3. The van der Waals surface area contributed by atoms with Crippen LogP contribution in [0.3, 0.4) is 0 Å². The van der Waals surface area contributed by atoms with Gasteiger partial charge in [0.2, 0.25) is 0 Å². The predicted molar refractivity (Wildman–Crippen MR) is 84.0 cm³/mol. The Kier molecular flexibility index (Phi) is 4.85. The Morgan fingerprint density at radius 1 is 1.15 bits per heavy atom. The third-order valence-corrected chi connectivity index (χ3v) is 4.09. The van der Waals surface area contributed by atoms with Crippen molar-refractivity contribution in [2.24, 2.45) is 0 Å². The van der Waals surface area contributed by atoms with E-state index in [1.165, 1.54) is 5.56 Å². The summed E-state index contributed by atoms with van der Waals surface area (Å²) >= 11 is 1.58. The number of ketones is 1. The van der Waals surface area contributed by atoms with E-state index in [0.29, 0.717) is 5.75 Å². The largest absolute Gasteiger partial charge is 0.497 e. The van der Waals surface area contributed by atoms with E-state index < -0.39 is 0 Å². The van der Waals surface area contributed by atoms with Gasteiger partial charge >= 0.3 is 0 Å². The Morgan fingerprint density at radius 2 is 1.95 bits per heavy atom. The monoisotopic (exact) mass is 286 g/mol. The second-order valence-electron chi connectivity index (χ2n) is 4.71. The third-order valence-electron chi connectivity index (χ3n) is 3.09. The highest BCUT2D eigenvalue weighted by Crippen LogP contribution is 2.22. The van der Waals surface area contributed by atoms with Gasteiger partial charge in [-0.3, -0.25) is 4.79 Å². The fourth-order valence-corrected chi connectivity index (χ4v) is 2.91. The second-order valence-corrected chi connectivity index (χ2v) is 5.76. The van der Waals surface area contributed by atoms with Crippen LogP contribution in [0.5, 0.6) is 5.75 Å². The Hall–Kier alpha value is -1.74. The topological polar surface area (TPSA) is 26.3 Å². The molecule has 20 heavy (non-hydrogen) atoms. The van der Waals surface area contributed by atoms with Crippen molar-refractivity contribution in [3.8, 4) is 5.75 Å². The van der Waals surface area contributed by atoms with E-state index in [2.05, 4.69) is 19.1 Å². The molecule has 0 aromatic heterocycles. The summed E-state index contributed by atoms with van der Waals surface area (Å²) in [6, 6.07) is 13.8. The lowest BCUT2D eigenvalue weighted by molar-refractivity contribution is 0.102. The van der Waals surface area contributed by atoms with Crippen LogP contribution >= 0.6 is 11.8 Å². The number of hydrogen-bond acceptors (Lipinski definition) is 3. The van der Waals surface area contributed by atoms with Crippen molar-refractivity contribution in [3.63, 3.8) is 0 Å². The minimum atomic E-state index is 0.150. The number of carbonyl (C=O) groups excluding carboxylic acids is 1. The van der Waals surface area contributed by atoms with Gasteiger partial charge in [-0.1, -0.05) is 17.7 Å². The van der Waals surface area contributed by atoms with Crippen LogP contribution in [-0.4, -0.2) is 18.6 Å². The highest BCUT2D eigenvalue weighted by atomic mass is 32.2. The molecule has 0 bridgehead atoms. The molecule has 0 aliphatic rings. The van der Waals surface area contributed by atoms with Crippen molar-refractivity contribution in [1.29, 1.82) is 0 Å². The summed E-state index contributed by atoms with van der Waals surface area (Å²) in [6.07, 6.45) is 0. The molecular formula is C17H18O2S. The fraction of sp³-hybridized carbons (Fsp3) is 0.235. The summed E-state index contributed by atoms with van der Waals surface area (Å²) in [7, 11) is 1.63. The summed E-state index contributed by atoms with van der Waals surface area (Å²) in [5, 5.41) is 0. The summed E-state index contributed by atoms with van der Waals surface area (Å²) < 4.78 is 5.16. The second kappa shape index (κ2) is 6.62. The average molecular weight is 286 g/mol. The molecule has 0 saturated heterocycles. The van der Waals surface area contributed by atoms with Crippen molar-refractivity contribution in [2.45, 2.75) is 18.7 Å². The maximum absolute atomic E-state index is 12.3. The molecule has 2 aromatic rings. The number of ether oxygens (including phenoxy) is 1. The number of benzene rings is 2. The molecule has 0 saturated carbocycles. The number of aryl methyl sites for hydroxylation is 2. The predicted octanol–water partition coefficient (Wildman–Crippen LogP) is 4.29. The Balaban J connectivity index is 2.05. The molecule has 0 N–H and O–H groups in total. The first-order chi connectivity index (χ1) is 9.60. The highest BCUT2D eigenvalue weighted by molar-refractivity contribution is 8.00. The summed E-state index contributed by atoms with van der Waals surface area (Å²) in [4.78, 5) is 13.4. The SMILES string of the molecule is COc1ccc(C(=O)CSc2cccc(C)c2)c(C)c1. The zero-order valence-corrected chi connectivity index (χ0v) is 12.8. The Labute approximate surface area is 124 Å². The van der Waals surface area contributed by atoms with Crippen LogP contribution in [0.1, 0.15) is 21.5 Å². The molecule has 0 aliphatic heterocycles. The Morgan fingerprint density at radius 3 is 2.60 bits per heavy atom. The maximum Gasteiger partial charge on any atom is 0.173 e. The van der Waals surface area contributed by atoms with E-state index in [9.17, 15) is 4.79 Å². The van der Waals surface area contributed by atoms with Crippen molar-refractivity contribution in [1.82, 2.24) is 0 Å². The van der Waals surface area contributed by atoms with Crippen LogP contribution in [0.25, 0.3) is 0 Å². The first-order valence-electron chi connectivity index (χ1n) is 6.47. The number of methoxy groups -OCH3 is 1. The number of Topliss-reactive ketones (excluding diaryl/α,β-unsaturated/α-hetero) is 1. The van der Waals surface area contributed by atoms with Crippen LogP contribution in [0.15, 0.2) is 47.4 Å². The van der Waals surface area contributed by atoms with E-state index in [4.69, 9.17) is 4.74 Å². The van der Waals surface area contributed by atoms with Crippen molar-refractivity contribution < 1.29 is 9.53 Å². The van der Waals surface area contributed by atoms with Gasteiger partial charge in [0.15, 0.2) is 5.78 Å². The fourth-order valence-electron chi connectivity index (χ4n) is 2.01. The number of rotatable bonds is 5. The lowest BCUT2D eigenvalue weighted by Gasteiger charge is -2.07. The van der Waals surface area contributed by atoms with Gasteiger partial charge in [0.1, 0.15) is 5.75 Å². The summed E-state index contributed by atoms with van der Waals surface area (Å²) in [6.45, 7) is 3.99. The molecule has 0 aliphatic carbocycles. The first kappa shape index (κ1) is 14.7. The molecule has 0 atom stereocenters. The quantitative estimate of drug-likeness (QED) is 0.606. The van der Waals surface area contributed by atoms with Crippen LogP contribution < -0.4 is 4.74 Å². The van der Waals surface area contributed by atoms with Crippen LogP contribution in [0, 0.1) is 13.8 Å². The number of carbonyl (C=O) groups is 1. The molecule has 2 nitrogen and oxygen atoms in total. The average Bonchev–Trinajstić information content (AvgIpc) is 2.44. The standard InChI is InChI=1S/C17H18O2S/c1-12-5-4-6-15(9-12)20-11-17(18)16-8-7-14(19-3)10-13(16)2/h4-10H,11H2,1-3H3. The van der Waals surface area contributed by atoms with Gasteiger partial charge < -0.3 is 4.74 Å². The van der Waals surface area contributed by atoms with Crippen molar-refractivity contribution in [3.05, 3.63) is 59.2 Å². The van der Waals surface area contributed by atoms with Crippen molar-refractivity contribution >= 4 is 17.5 Å². The van der Waals surface area contributed by atoms with Gasteiger partial charge in [-0.15, -0.1) is 11.8 Å². The minimum absolute atomic E-state index is 0.150. The molecule has 0 fully saturated rings. The van der Waals surface area contributed by atoms with Gasteiger partial charge in [0, 0.05) is 10.5 Å². The van der Waals surface area contributed by atoms with Gasteiger partial charge in [-0.2, -0.15) is 0 Å². The molecule has 2 aromatic carbocycles. The van der Waals surface area contributed by atoms with Crippen LogP contribution in [0.4, 0.5) is 0 Å². The molecule has 3 heteroatoms. The third kappa shape index (κ3) is 3.64. The molecule has 0 heterocycles. The first-order valence-corrected chi connectivity index (χ1v) is 7.46. The van der Waals surface area contributed by atoms with Gasteiger partial charge in [0.25, 0.3) is 0 Å². The molecule has 0 radical (unpaired) electrons. The zero-order chi connectivity index (χ0) is 14.5. The molecule has 104 valence electrons. The van der Waals surface area contributed by atoms with Crippen molar-refractivity contribution in [2.75, 3.05) is 12.9 Å². The molecule has 0 unspecified atom stereocenters. The molecular weight excluding hydrogens is 268 g/mol. The normalized spacial score (nSPS) is 10.3. The van der Waals surface area contributed by atoms with E-state index in [0.717, 1.165) is 21.8 Å². The number of thioether (sulfide) groups is 1. The van der Waals surface area contributed by atoms with E-state index in [1.807, 2.05) is 37.3 Å². The zero-order valence-electron chi connectivity index (χ0n) is 12.0. The van der Waals surface area contributed by atoms with E-state index in [1.54, 1.807) is 18.9 Å². The van der Waals surface area contributed by atoms with Gasteiger partial charge in [0.05, 0.1) is 12.9 Å².